The Morgan fingerprint density at radius 1 is 0.950 bits per heavy atom. The highest BCUT2D eigenvalue weighted by Gasteiger charge is 2.16. The molecular formula is C18H14N2. The van der Waals surface area contributed by atoms with Crippen LogP contribution >= 0.6 is 0 Å². The molecule has 2 aliphatic heterocycles. The Morgan fingerprint density at radius 3 is 2.90 bits per heavy atom. The van der Waals surface area contributed by atoms with Crippen molar-refractivity contribution < 1.29 is 0 Å². The summed E-state index contributed by atoms with van der Waals surface area (Å²) in [5, 5.41) is 1.18. The zero-order chi connectivity index (χ0) is 13.4. The maximum absolute atomic E-state index is 4.80. The van der Waals surface area contributed by atoms with Gasteiger partial charge in [0.1, 0.15) is 0 Å². The fourth-order valence-corrected chi connectivity index (χ4v) is 2.68. The minimum absolute atomic E-state index is 0.924. The topological polar surface area (TPSA) is 16.1 Å². The average molecular weight is 258 g/mol. The van der Waals surface area contributed by atoms with Gasteiger partial charge in [0.2, 0.25) is 0 Å². The van der Waals surface area contributed by atoms with Gasteiger partial charge in [-0.3, -0.25) is 0 Å². The van der Waals surface area contributed by atoms with E-state index in [0.717, 1.165) is 17.8 Å². The SMILES string of the molecule is C1=CC2=C(c3ccc4ccccc4n3)C=CCN2C=C1. The van der Waals surface area contributed by atoms with Crippen LogP contribution in [0, 0.1) is 0 Å². The number of hydrogen-bond acceptors (Lipinski definition) is 2. The highest BCUT2D eigenvalue weighted by Crippen LogP contribution is 2.28. The fraction of sp³-hybridized carbons (Fsp3) is 0.0556. The molecule has 3 heterocycles. The number of hydrogen-bond donors (Lipinski definition) is 0. The summed E-state index contributed by atoms with van der Waals surface area (Å²) in [6, 6.07) is 12.5. The zero-order valence-corrected chi connectivity index (χ0v) is 11.0. The van der Waals surface area contributed by atoms with Crippen molar-refractivity contribution in [3.05, 3.63) is 84.4 Å². The highest BCUT2D eigenvalue weighted by atomic mass is 15.1. The molecule has 0 unspecified atom stereocenters. The fourth-order valence-electron chi connectivity index (χ4n) is 2.68. The van der Waals surface area contributed by atoms with Crippen LogP contribution in [0.1, 0.15) is 5.69 Å². The van der Waals surface area contributed by atoms with Crippen LogP contribution in [0.4, 0.5) is 0 Å². The van der Waals surface area contributed by atoms with E-state index in [1.165, 1.54) is 16.7 Å². The molecule has 0 saturated heterocycles. The zero-order valence-electron chi connectivity index (χ0n) is 11.0. The molecule has 0 radical (unpaired) electrons. The maximum atomic E-state index is 4.80. The Hall–Kier alpha value is -2.61. The van der Waals surface area contributed by atoms with Crippen LogP contribution in [-0.2, 0) is 0 Å². The number of para-hydroxylation sites is 1. The van der Waals surface area contributed by atoms with Crippen LogP contribution < -0.4 is 0 Å². The molecular weight excluding hydrogens is 244 g/mol. The van der Waals surface area contributed by atoms with E-state index in [2.05, 4.69) is 65.7 Å². The molecule has 2 nitrogen and oxygen atoms in total. The molecule has 1 aromatic heterocycles. The van der Waals surface area contributed by atoms with Crippen molar-refractivity contribution in [2.45, 2.75) is 0 Å². The molecule has 20 heavy (non-hydrogen) atoms. The molecule has 0 saturated carbocycles. The van der Waals surface area contributed by atoms with Gasteiger partial charge < -0.3 is 4.90 Å². The standard InChI is InChI=1S/C18H14N2/c1-2-8-16-14(6-1)10-11-17(19-16)15-7-5-13-20-12-4-3-9-18(15)20/h1-12H,13H2. The molecule has 2 aliphatic rings. The van der Waals surface area contributed by atoms with Crippen molar-refractivity contribution in [1.82, 2.24) is 9.88 Å². The summed E-state index contributed by atoms with van der Waals surface area (Å²) in [5.74, 6) is 0. The molecule has 2 heteroatoms. The lowest BCUT2D eigenvalue weighted by Crippen LogP contribution is -2.21. The second-order valence-corrected chi connectivity index (χ2v) is 4.94. The molecule has 2 aromatic rings. The van der Waals surface area contributed by atoms with Gasteiger partial charge in [0.25, 0.3) is 0 Å². The monoisotopic (exact) mass is 258 g/mol. The van der Waals surface area contributed by atoms with Gasteiger partial charge in [-0.05, 0) is 24.3 Å². The molecule has 0 N–H and O–H groups in total. The van der Waals surface area contributed by atoms with Gasteiger partial charge >= 0.3 is 0 Å². The molecule has 0 bridgehead atoms. The van der Waals surface area contributed by atoms with Crippen molar-refractivity contribution in [2.75, 3.05) is 6.54 Å². The third-order valence-electron chi connectivity index (χ3n) is 3.68. The van der Waals surface area contributed by atoms with Crippen molar-refractivity contribution in [1.29, 1.82) is 0 Å². The lowest BCUT2D eigenvalue weighted by Gasteiger charge is -2.27. The minimum Gasteiger partial charge on any atom is -0.344 e. The number of rotatable bonds is 1. The third-order valence-corrected chi connectivity index (χ3v) is 3.68. The first kappa shape index (κ1) is 11.2. The van der Waals surface area contributed by atoms with Crippen molar-refractivity contribution in [2.24, 2.45) is 0 Å². The van der Waals surface area contributed by atoms with Crippen molar-refractivity contribution >= 4 is 16.5 Å². The first-order valence-corrected chi connectivity index (χ1v) is 6.80. The van der Waals surface area contributed by atoms with E-state index in [1.54, 1.807) is 0 Å². The summed E-state index contributed by atoms with van der Waals surface area (Å²) >= 11 is 0. The number of nitrogens with zero attached hydrogens (tertiary/aromatic N) is 2. The lowest BCUT2D eigenvalue weighted by atomic mass is 10.0. The Morgan fingerprint density at radius 2 is 1.90 bits per heavy atom. The van der Waals surface area contributed by atoms with Crippen LogP contribution in [0.5, 0.6) is 0 Å². The second-order valence-electron chi connectivity index (χ2n) is 4.94. The Labute approximate surface area is 118 Å². The summed E-state index contributed by atoms with van der Waals surface area (Å²) in [6.45, 7) is 0.924. The van der Waals surface area contributed by atoms with Crippen LogP contribution in [0.3, 0.4) is 0 Å². The molecule has 4 rings (SSSR count). The third kappa shape index (κ3) is 1.77. The Balaban J connectivity index is 1.89. The Bertz CT molecular complexity index is 794. The predicted molar refractivity (Wildman–Crippen MR) is 82.8 cm³/mol. The molecule has 96 valence electrons. The molecule has 1 aromatic carbocycles. The molecule has 0 fully saturated rings. The van der Waals surface area contributed by atoms with Gasteiger partial charge in [0.05, 0.1) is 16.9 Å². The summed E-state index contributed by atoms with van der Waals surface area (Å²) in [6.07, 6.45) is 12.8. The number of benzene rings is 1. The quantitative estimate of drug-likeness (QED) is 0.771. The van der Waals surface area contributed by atoms with Gasteiger partial charge in [-0.1, -0.05) is 42.5 Å². The summed E-state index contributed by atoms with van der Waals surface area (Å²) in [4.78, 5) is 7.04. The Kier molecular flexibility index (Phi) is 2.52. The van der Waals surface area contributed by atoms with E-state index >= 15 is 0 Å². The van der Waals surface area contributed by atoms with Gasteiger partial charge in [-0.25, -0.2) is 4.98 Å². The van der Waals surface area contributed by atoms with E-state index in [9.17, 15) is 0 Å². The summed E-state index contributed by atoms with van der Waals surface area (Å²) in [7, 11) is 0. The van der Waals surface area contributed by atoms with E-state index in [4.69, 9.17) is 4.98 Å². The molecule has 0 amide bonds. The van der Waals surface area contributed by atoms with Crippen LogP contribution in [-0.4, -0.2) is 16.4 Å². The summed E-state index contributed by atoms with van der Waals surface area (Å²) < 4.78 is 0. The van der Waals surface area contributed by atoms with E-state index in [1.807, 2.05) is 12.1 Å². The summed E-state index contributed by atoms with van der Waals surface area (Å²) in [5.41, 5.74) is 4.47. The van der Waals surface area contributed by atoms with Crippen LogP contribution in [0.15, 0.2) is 78.7 Å². The predicted octanol–water partition coefficient (Wildman–Crippen LogP) is 3.90. The van der Waals surface area contributed by atoms with Gasteiger partial charge in [0.15, 0.2) is 0 Å². The molecule has 0 spiro atoms. The van der Waals surface area contributed by atoms with E-state index < -0.39 is 0 Å². The van der Waals surface area contributed by atoms with Gasteiger partial charge in [0, 0.05) is 23.7 Å². The second kappa shape index (κ2) is 4.49. The number of pyridine rings is 1. The van der Waals surface area contributed by atoms with Crippen molar-refractivity contribution in [3.8, 4) is 0 Å². The largest absolute Gasteiger partial charge is 0.344 e. The van der Waals surface area contributed by atoms with E-state index in [0.29, 0.717) is 0 Å². The minimum atomic E-state index is 0.924. The lowest BCUT2D eigenvalue weighted by molar-refractivity contribution is 0.526. The normalized spacial score (nSPS) is 16.9. The first-order valence-electron chi connectivity index (χ1n) is 6.80. The van der Waals surface area contributed by atoms with Gasteiger partial charge in [-0.2, -0.15) is 0 Å². The smallest absolute Gasteiger partial charge is 0.0730 e. The molecule has 0 aliphatic carbocycles. The van der Waals surface area contributed by atoms with Gasteiger partial charge in [-0.15, -0.1) is 0 Å². The van der Waals surface area contributed by atoms with E-state index in [-0.39, 0.29) is 0 Å². The van der Waals surface area contributed by atoms with Crippen LogP contribution in [0.2, 0.25) is 0 Å². The number of fused-ring (bicyclic) bond motifs is 2. The van der Waals surface area contributed by atoms with Crippen LogP contribution in [0.25, 0.3) is 16.5 Å². The molecule has 0 atom stereocenters. The first-order chi connectivity index (χ1) is 9.92. The van der Waals surface area contributed by atoms with Crippen molar-refractivity contribution in [3.63, 3.8) is 0 Å². The number of allylic oxidation sites excluding steroid dienone is 5. The highest BCUT2D eigenvalue weighted by molar-refractivity contribution is 5.84. The maximum Gasteiger partial charge on any atom is 0.0730 e. The average Bonchev–Trinajstić information content (AvgIpc) is 2.54. The number of aromatic nitrogens is 1.